The van der Waals surface area contributed by atoms with E-state index in [9.17, 15) is 0 Å². The lowest BCUT2D eigenvalue weighted by molar-refractivity contribution is 0.166. The van der Waals surface area contributed by atoms with Gasteiger partial charge in [-0.3, -0.25) is 4.90 Å². The van der Waals surface area contributed by atoms with Gasteiger partial charge in [0, 0.05) is 36.8 Å². The number of aryl methyl sites for hydroxylation is 1. The Kier molecular flexibility index (Phi) is 4.37. The Morgan fingerprint density at radius 2 is 2.29 bits per heavy atom. The molecule has 114 valence electrons. The van der Waals surface area contributed by atoms with Crippen LogP contribution in [-0.2, 0) is 13.1 Å². The van der Waals surface area contributed by atoms with Crippen molar-refractivity contribution >= 4 is 11.3 Å². The Hall–Kier alpha value is -1.24. The molecule has 3 rings (SSSR count). The fourth-order valence-corrected chi connectivity index (χ4v) is 3.72. The summed E-state index contributed by atoms with van der Waals surface area (Å²) in [6.45, 7) is 6.28. The normalized spacial score (nSPS) is 19.1. The summed E-state index contributed by atoms with van der Waals surface area (Å²) in [6, 6.07) is 0.520. The Morgan fingerprint density at radius 1 is 1.43 bits per heavy atom. The van der Waals surface area contributed by atoms with E-state index in [0.29, 0.717) is 6.04 Å². The highest BCUT2D eigenvalue weighted by Crippen LogP contribution is 2.26. The van der Waals surface area contributed by atoms with Crippen molar-refractivity contribution in [3.63, 3.8) is 0 Å². The standard InChI is InChI=1S/C15H23N5S/c1-12-15(21-11-17-12)9-19-7-13(4-5-18(2)3)20-10-16-6-14(20)8-19/h6,10-11,13H,4-5,7-9H2,1-3H3/t13-/m0/s1. The van der Waals surface area contributed by atoms with Crippen molar-refractivity contribution in [3.05, 3.63) is 34.3 Å². The van der Waals surface area contributed by atoms with Crippen molar-refractivity contribution in [2.45, 2.75) is 32.5 Å². The highest BCUT2D eigenvalue weighted by molar-refractivity contribution is 7.09. The van der Waals surface area contributed by atoms with E-state index in [0.717, 1.165) is 32.6 Å². The maximum absolute atomic E-state index is 4.36. The van der Waals surface area contributed by atoms with Crippen LogP contribution < -0.4 is 0 Å². The summed E-state index contributed by atoms with van der Waals surface area (Å²) in [6.07, 6.45) is 5.16. The summed E-state index contributed by atoms with van der Waals surface area (Å²) in [5, 5.41) is 0. The summed E-state index contributed by atoms with van der Waals surface area (Å²) >= 11 is 1.76. The van der Waals surface area contributed by atoms with Gasteiger partial charge in [0.05, 0.1) is 23.2 Å². The molecular formula is C15H23N5S. The maximum Gasteiger partial charge on any atom is 0.0951 e. The number of fused-ring (bicyclic) bond motifs is 1. The lowest BCUT2D eigenvalue weighted by Crippen LogP contribution is -2.37. The average molecular weight is 305 g/mol. The molecule has 0 bridgehead atoms. The van der Waals surface area contributed by atoms with Gasteiger partial charge < -0.3 is 9.47 Å². The Labute approximate surface area is 130 Å². The molecule has 0 saturated carbocycles. The van der Waals surface area contributed by atoms with Crippen LogP contribution in [0.25, 0.3) is 0 Å². The third-order valence-electron chi connectivity index (χ3n) is 4.12. The van der Waals surface area contributed by atoms with E-state index in [1.807, 2.05) is 18.0 Å². The van der Waals surface area contributed by atoms with Gasteiger partial charge in [-0.1, -0.05) is 0 Å². The second-order valence-corrected chi connectivity index (χ2v) is 7.01. The van der Waals surface area contributed by atoms with Gasteiger partial charge in [0.15, 0.2) is 0 Å². The molecule has 0 fully saturated rings. The number of hydrogen-bond donors (Lipinski definition) is 0. The minimum Gasteiger partial charge on any atom is -0.329 e. The molecule has 0 aliphatic carbocycles. The third-order valence-corrected chi connectivity index (χ3v) is 5.04. The summed E-state index contributed by atoms with van der Waals surface area (Å²) in [5.41, 5.74) is 4.44. The fraction of sp³-hybridized carbons (Fsp3) is 0.600. The highest BCUT2D eigenvalue weighted by atomic mass is 32.1. The number of nitrogens with zero attached hydrogens (tertiary/aromatic N) is 5. The van der Waals surface area contributed by atoms with Gasteiger partial charge in [0.1, 0.15) is 0 Å². The molecule has 5 nitrogen and oxygen atoms in total. The van der Waals surface area contributed by atoms with Crippen molar-refractivity contribution in [2.24, 2.45) is 0 Å². The first-order chi connectivity index (χ1) is 10.1. The molecule has 0 amide bonds. The summed E-state index contributed by atoms with van der Waals surface area (Å²) in [4.78, 5) is 14.9. The largest absolute Gasteiger partial charge is 0.329 e. The van der Waals surface area contributed by atoms with Crippen molar-refractivity contribution in [3.8, 4) is 0 Å². The minimum atomic E-state index is 0.520. The lowest BCUT2D eigenvalue weighted by atomic mass is 10.1. The van der Waals surface area contributed by atoms with E-state index in [4.69, 9.17) is 0 Å². The molecule has 21 heavy (non-hydrogen) atoms. The lowest BCUT2D eigenvalue weighted by Gasteiger charge is -2.34. The fourth-order valence-electron chi connectivity index (χ4n) is 2.90. The average Bonchev–Trinajstić information content (AvgIpc) is 3.06. The molecule has 0 spiro atoms. The number of aromatic nitrogens is 3. The second-order valence-electron chi connectivity index (χ2n) is 6.07. The van der Waals surface area contributed by atoms with Crippen molar-refractivity contribution < 1.29 is 0 Å². The minimum absolute atomic E-state index is 0.520. The first kappa shape index (κ1) is 14.7. The van der Waals surface area contributed by atoms with E-state index >= 15 is 0 Å². The first-order valence-electron chi connectivity index (χ1n) is 7.40. The van der Waals surface area contributed by atoms with Gasteiger partial charge >= 0.3 is 0 Å². The van der Waals surface area contributed by atoms with Crippen LogP contribution in [0.2, 0.25) is 0 Å². The Morgan fingerprint density at radius 3 is 3.00 bits per heavy atom. The topological polar surface area (TPSA) is 37.2 Å². The van der Waals surface area contributed by atoms with Crippen LogP contribution in [0.5, 0.6) is 0 Å². The van der Waals surface area contributed by atoms with E-state index in [1.54, 1.807) is 11.3 Å². The third kappa shape index (κ3) is 3.33. The number of rotatable bonds is 5. The van der Waals surface area contributed by atoms with Gasteiger partial charge in [-0.2, -0.15) is 0 Å². The van der Waals surface area contributed by atoms with Crippen LogP contribution in [0, 0.1) is 6.92 Å². The van der Waals surface area contributed by atoms with Gasteiger partial charge in [0.2, 0.25) is 0 Å². The molecule has 0 aromatic carbocycles. The van der Waals surface area contributed by atoms with Crippen LogP contribution >= 0.6 is 11.3 Å². The molecule has 1 aliphatic rings. The molecular weight excluding hydrogens is 282 g/mol. The van der Waals surface area contributed by atoms with E-state index in [1.165, 1.54) is 16.3 Å². The van der Waals surface area contributed by atoms with Crippen molar-refractivity contribution in [2.75, 3.05) is 27.2 Å². The first-order valence-corrected chi connectivity index (χ1v) is 8.28. The zero-order valence-electron chi connectivity index (χ0n) is 13.0. The molecule has 2 aromatic heterocycles. The molecule has 2 aromatic rings. The molecule has 1 atom stereocenters. The molecule has 0 unspecified atom stereocenters. The zero-order valence-corrected chi connectivity index (χ0v) is 13.8. The van der Waals surface area contributed by atoms with Crippen LogP contribution in [0.15, 0.2) is 18.0 Å². The molecule has 0 saturated heterocycles. The Bertz CT molecular complexity index is 588. The molecule has 1 aliphatic heterocycles. The molecule has 3 heterocycles. The van der Waals surface area contributed by atoms with Crippen molar-refractivity contribution in [1.82, 2.24) is 24.3 Å². The van der Waals surface area contributed by atoms with Crippen LogP contribution in [-0.4, -0.2) is 51.5 Å². The number of imidazole rings is 1. The van der Waals surface area contributed by atoms with E-state index in [-0.39, 0.29) is 0 Å². The number of thiazole rings is 1. The predicted octanol–water partition coefficient (Wildman–Crippen LogP) is 2.16. The SMILES string of the molecule is Cc1ncsc1CN1Cc2cncn2[C@@H](CCN(C)C)C1. The van der Waals surface area contributed by atoms with Gasteiger partial charge in [-0.15, -0.1) is 11.3 Å². The van der Waals surface area contributed by atoms with Gasteiger partial charge in [-0.05, 0) is 34.0 Å². The van der Waals surface area contributed by atoms with E-state index in [2.05, 4.69) is 45.4 Å². The quantitative estimate of drug-likeness (QED) is 0.848. The van der Waals surface area contributed by atoms with Crippen molar-refractivity contribution in [1.29, 1.82) is 0 Å². The van der Waals surface area contributed by atoms with Gasteiger partial charge in [-0.25, -0.2) is 9.97 Å². The van der Waals surface area contributed by atoms with Crippen LogP contribution in [0.3, 0.4) is 0 Å². The monoisotopic (exact) mass is 305 g/mol. The predicted molar refractivity (Wildman–Crippen MR) is 85.4 cm³/mol. The smallest absolute Gasteiger partial charge is 0.0951 e. The number of hydrogen-bond acceptors (Lipinski definition) is 5. The molecule has 6 heteroatoms. The Balaban J connectivity index is 1.72. The highest BCUT2D eigenvalue weighted by Gasteiger charge is 2.25. The van der Waals surface area contributed by atoms with E-state index < -0.39 is 0 Å². The van der Waals surface area contributed by atoms with Crippen LogP contribution in [0.4, 0.5) is 0 Å². The summed E-state index contributed by atoms with van der Waals surface area (Å²) in [5.74, 6) is 0. The molecule has 0 radical (unpaired) electrons. The second kappa shape index (κ2) is 6.25. The zero-order chi connectivity index (χ0) is 14.8. The maximum atomic E-state index is 4.36. The molecule has 0 N–H and O–H groups in total. The van der Waals surface area contributed by atoms with Crippen LogP contribution in [0.1, 0.15) is 28.7 Å². The van der Waals surface area contributed by atoms with Gasteiger partial charge in [0.25, 0.3) is 0 Å². The summed E-state index contributed by atoms with van der Waals surface area (Å²) in [7, 11) is 4.27. The summed E-state index contributed by atoms with van der Waals surface area (Å²) < 4.78 is 2.36.